The van der Waals surface area contributed by atoms with E-state index in [0.29, 0.717) is 24.1 Å². The summed E-state index contributed by atoms with van der Waals surface area (Å²) < 4.78 is 0. The second-order valence-electron chi connectivity index (χ2n) is 4.87. The van der Waals surface area contributed by atoms with Gasteiger partial charge in [-0.25, -0.2) is 0 Å². The Kier molecular flexibility index (Phi) is 3.90. The molecule has 16 heavy (non-hydrogen) atoms. The number of rotatable bonds is 3. The Morgan fingerprint density at radius 3 is 2.75 bits per heavy atom. The third-order valence-electron chi connectivity index (χ3n) is 3.62. The number of nitrogens with one attached hydrogen (secondary N) is 1. The molecular formula is C12H19NO2S. The molecule has 2 unspecified atom stereocenters. The van der Waals surface area contributed by atoms with Gasteiger partial charge in [-0.2, -0.15) is 11.8 Å². The fourth-order valence-electron chi connectivity index (χ4n) is 2.48. The van der Waals surface area contributed by atoms with E-state index in [-0.39, 0.29) is 17.6 Å². The van der Waals surface area contributed by atoms with Gasteiger partial charge in [-0.15, -0.1) is 0 Å². The van der Waals surface area contributed by atoms with Gasteiger partial charge in [0, 0.05) is 24.1 Å². The molecule has 4 heteroatoms. The number of carbonyl (C=O) groups excluding carboxylic acids is 2. The van der Waals surface area contributed by atoms with Crippen LogP contribution in [-0.4, -0.2) is 29.2 Å². The molecule has 2 fully saturated rings. The number of hydrogen-bond donors (Lipinski definition) is 1. The summed E-state index contributed by atoms with van der Waals surface area (Å²) in [6, 6.07) is 0.342. The van der Waals surface area contributed by atoms with Crippen LogP contribution in [0.2, 0.25) is 0 Å². The molecule has 2 atom stereocenters. The molecule has 0 aromatic carbocycles. The number of Topliss-reactive ketones (excluding diaryl/α,β-unsaturated/α-hetero) is 1. The molecular weight excluding hydrogens is 222 g/mol. The minimum atomic E-state index is -0.0258. The van der Waals surface area contributed by atoms with Crippen LogP contribution in [0.3, 0.4) is 0 Å². The van der Waals surface area contributed by atoms with Gasteiger partial charge in [-0.05, 0) is 25.5 Å². The molecule has 0 radical (unpaired) electrons. The normalized spacial score (nSPS) is 30.9. The molecule has 2 aliphatic carbocycles. The minimum absolute atomic E-state index is 0.0258. The summed E-state index contributed by atoms with van der Waals surface area (Å²) in [5, 5.41) is 3.80. The molecule has 0 bridgehead atoms. The van der Waals surface area contributed by atoms with Crippen LogP contribution in [0, 0.1) is 5.92 Å². The maximum Gasteiger partial charge on any atom is 0.224 e. The second kappa shape index (κ2) is 5.21. The highest BCUT2D eigenvalue weighted by Gasteiger charge is 2.34. The van der Waals surface area contributed by atoms with E-state index in [9.17, 15) is 9.59 Å². The molecule has 0 aromatic rings. The second-order valence-corrected chi connectivity index (χ2v) is 6.01. The fourth-order valence-corrected chi connectivity index (χ4v) is 3.31. The Bertz CT molecular complexity index is 285. The van der Waals surface area contributed by atoms with Crippen molar-refractivity contribution in [2.75, 3.05) is 6.26 Å². The Morgan fingerprint density at radius 1 is 1.38 bits per heavy atom. The first kappa shape index (κ1) is 12.0. The van der Waals surface area contributed by atoms with Crippen molar-refractivity contribution in [3.63, 3.8) is 0 Å². The Hall–Kier alpha value is -0.510. The van der Waals surface area contributed by atoms with Gasteiger partial charge in [0.15, 0.2) is 0 Å². The van der Waals surface area contributed by atoms with E-state index in [4.69, 9.17) is 0 Å². The fraction of sp³-hybridized carbons (Fsp3) is 0.833. The molecule has 2 saturated carbocycles. The molecule has 2 aliphatic rings. The lowest BCUT2D eigenvalue weighted by Gasteiger charge is -2.31. The SMILES string of the molecule is CSC1CCCC(NC(=O)C2CC(=O)C2)C1. The first-order valence-electron chi connectivity index (χ1n) is 6.04. The molecule has 0 aliphatic heterocycles. The summed E-state index contributed by atoms with van der Waals surface area (Å²) in [5.41, 5.74) is 0. The molecule has 0 aromatic heterocycles. The highest BCUT2D eigenvalue weighted by molar-refractivity contribution is 7.99. The molecule has 3 nitrogen and oxygen atoms in total. The van der Waals surface area contributed by atoms with Crippen LogP contribution in [0.15, 0.2) is 0 Å². The van der Waals surface area contributed by atoms with Crippen LogP contribution >= 0.6 is 11.8 Å². The summed E-state index contributed by atoms with van der Waals surface area (Å²) in [4.78, 5) is 22.6. The average Bonchev–Trinajstić information content (AvgIpc) is 2.25. The van der Waals surface area contributed by atoms with E-state index >= 15 is 0 Å². The van der Waals surface area contributed by atoms with Crippen molar-refractivity contribution in [1.82, 2.24) is 5.32 Å². The molecule has 1 N–H and O–H groups in total. The van der Waals surface area contributed by atoms with Gasteiger partial charge < -0.3 is 5.32 Å². The Morgan fingerprint density at radius 2 is 2.12 bits per heavy atom. The summed E-state index contributed by atoms with van der Waals surface area (Å²) in [5.74, 6) is 0.305. The lowest BCUT2D eigenvalue weighted by Crippen LogP contribution is -2.45. The van der Waals surface area contributed by atoms with Gasteiger partial charge in [-0.1, -0.05) is 6.42 Å². The maximum atomic E-state index is 11.8. The molecule has 2 rings (SSSR count). The zero-order chi connectivity index (χ0) is 11.5. The van der Waals surface area contributed by atoms with Crippen molar-refractivity contribution in [2.24, 2.45) is 5.92 Å². The van der Waals surface area contributed by atoms with E-state index in [0.717, 1.165) is 12.8 Å². The molecule has 1 amide bonds. The smallest absolute Gasteiger partial charge is 0.224 e. The van der Waals surface area contributed by atoms with E-state index < -0.39 is 0 Å². The summed E-state index contributed by atoms with van der Waals surface area (Å²) in [6.07, 6.45) is 7.74. The maximum absolute atomic E-state index is 11.8. The van der Waals surface area contributed by atoms with Gasteiger partial charge in [0.1, 0.15) is 5.78 Å². The Balaban J connectivity index is 1.76. The van der Waals surface area contributed by atoms with Crippen LogP contribution in [0.1, 0.15) is 38.5 Å². The molecule has 90 valence electrons. The van der Waals surface area contributed by atoms with Crippen molar-refractivity contribution in [3.8, 4) is 0 Å². The highest BCUT2D eigenvalue weighted by atomic mass is 32.2. The van der Waals surface area contributed by atoms with Gasteiger partial charge in [0.05, 0.1) is 5.92 Å². The van der Waals surface area contributed by atoms with Crippen LogP contribution in [-0.2, 0) is 9.59 Å². The lowest BCUT2D eigenvalue weighted by molar-refractivity contribution is -0.138. The van der Waals surface area contributed by atoms with Crippen LogP contribution in [0.25, 0.3) is 0 Å². The van der Waals surface area contributed by atoms with Gasteiger partial charge in [-0.3, -0.25) is 9.59 Å². The van der Waals surface area contributed by atoms with Crippen molar-refractivity contribution in [3.05, 3.63) is 0 Å². The predicted octanol–water partition coefficient (Wildman–Crippen LogP) is 1.76. The van der Waals surface area contributed by atoms with Crippen LogP contribution < -0.4 is 5.32 Å². The number of hydrogen-bond acceptors (Lipinski definition) is 3. The summed E-state index contributed by atoms with van der Waals surface area (Å²) in [7, 11) is 0. The molecule has 0 heterocycles. The number of thioether (sulfide) groups is 1. The van der Waals surface area contributed by atoms with Crippen molar-refractivity contribution in [1.29, 1.82) is 0 Å². The number of carbonyl (C=O) groups is 2. The minimum Gasteiger partial charge on any atom is -0.353 e. The lowest BCUT2D eigenvalue weighted by atomic mass is 9.83. The van der Waals surface area contributed by atoms with E-state index in [1.165, 1.54) is 12.8 Å². The summed E-state index contributed by atoms with van der Waals surface area (Å²) >= 11 is 1.90. The zero-order valence-corrected chi connectivity index (χ0v) is 10.5. The number of amides is 1. The topological polar surface area (TPSA) is 46.2 Å². The zero-order valence-electron chi connectivity index (χ0n) is 9.70. The van der Waals surface area contributed by atoms with Gasteiger partial charge >= 0.3 is 0 Å². The standard InChI is InChI=1S/C12H19NO2S/c1-16-11-4-2-3-9(7-11)13-12(15)8-5-10(14)6-8/h8-9,11H,2-7H2,1H3,(H,13,15). The molecule has 0 saturated heterocycles. The average molecular weight is 241 g/mol. The van der Waals surface area contributed by atoms with Crippen LogP contribution in [0.4, 0.5) is 0 Å². The predicted molar refractivity (Wildman–Crippen MR) is 65.4 cm³/mol. The van der Waals surface area contributed by atoms with Crippen LogP contribution in [0.5, 0.6) is 0 Å². The quantitative estimate of drug-likeness (QED) is 0.819. The van der Waals surface area contributed by atoms with Gasteiger partial charge in [0.2, 0.25) is 5.91 Å². The Labute approximate surface area is 101 Å². The van der Waals surface area contributed by atoms with E-state index in [2.05, 4.69) is 11.6 Å². The van der Waals surface area contributed by atoms with Crippen molar-refractivity contribution < 1.29 is 9.59 Å². The largest absolute Gasteiger partial charge is 0.353 e. The monoisotopic (exact) mass is 241 g/mol. The van der Waals surface area contributed by atoms with E-state index in [1.54, 1.807) is 0 Å². The first-order chi connectivity index (χ1) is 7.69. The highest BCUT2D eigenvalue weighted by Crippen LogP contribution is 2.28. The molecule has 0 spiro atoms. The first-order valence-corrected chi connectivity index (χ1v) is 7.32. The van der Waals surface area contributed by atoms with Crippen molar-refractivity contribution in [2.45, 2.75) is 49.8 Å². The summed E-state index contributed by atoms with van der Waals surface area (Å²) in [6.45, 7) is 0. The number of ketones is 1. The van der Waals surface area contributed by atoms with Gasteiger partial charge in [0.25, 0.3) is 0 Å². The van der Waals surface area contributed by atoms with E-state index in [1.807, 2.05) is 11.8 Å². The van der Waals surface area contributed by atoms with Crippen molar-refractivity contribution >= 4 is 23.5 Å². The third kappa shape index (κ3) is 2.78. The third-order valence-corrected chi connectivity index (χ3v) is 4.72.